The third-order valence-corrected chi connectivity index (χ3v) is 6.61. The molecule has 4 aromatic rings. The van der Waals surface area contributed by atoms with Crippen LogP contribution in [0.1, 0.15) is 42.7 Å². The number of rotatable bonds is 4. The number of thiazole rings is 1. The van der Waals surface area contributed by atoms with Crippen molar-refractivity contribution in [2.24, 2.45) is 0 Å². The van der Waals surface area contributed by atoms with Crippen molar-refractivity contribution in [2.45, 2.75) is 52.3 Å². The molecule has 0 fully saturated rings. The number of nitrogens with zero attached hydrogens (tertiary/aromatic N) is 4. The predicted molar refractivity (Wildman–Crippen MR) is 125 cm³/mol. The highest BCUT2D eigenvalue weighted by molar-refractivity contribution is 8.93. The van der Waals surface area contributed by atoms with Crippen molar-refractivity contribution in [1.82, 2.24) is 19.7 Å². The van der Waals surface area contributed by atoms with Gasteiger partial charge in [0, 0.05) is 23.8 Å². The normalized spacial score (nSPS) is 12.4. The van der Waals surface area contributed by atoms with Crippen LogP contribution in [0.2, 0.25) is 0 Å². The molecule has 0 atom stereocenters. The molecule has 4 nitrogen and oxygen atoms in total. The molecular weight excluding hydrogens is 509 g/mol. The minimum Gasteiger partial charge on any atom is -0.247 e. The van der Waals surface area contributed by atoms with Crippen LogP contribution in [0.3, 0.4) is 0 Å². The number of halogens is 4. The molecule has 10 heteroatoms. The highest BCUT2D eigenvalue weighted by Gasteiger charge is 2.35. The largest absolute Gasteiger partial charge is 0.417 e. The van der Waals surface area contributed by atoms with Crippen molar-refractivity contribution in [1.29, 1.82) is 0 Å². The lowest BCUT2D eigenvalue weighted by Crippen LogP contribution is -2.12. The number of fused-ring (bicyclic) bond motifs is 1. The lowest BCUT2D eigenvalue weighted by atomic mass is 9.93. The molecule has 4 aromatic heterocycles. The highest BCUT2D eigenvalue weighted by Crippen LogP contribution is 2.38. The number of pyridine rings is 1. The van der Waals surface area contributed by atoms with E-state index in [4.69, 9.17) is 0 Å². The maximum Gasteiger partial charge on any atom is 0.417 e. The summed E-state index contributed by atoms with van der Waals surface area (Å²) in [4.78, 5) is 9.94. The Morgan fingerprint density at radius 3 is 2.42 bits per heavy atom. The van der Waals surface area contributed by atoms with Gasteiger partial charge in [-0.05, 0) is 24.4 Å². The standard InChI is InChI=1S/C21H21F3N4S2.BrH/c1-12-18-13(21(22,23)24)10-14(15-6-5-9-29-15)25-19(18)28(27-12)8-7-17-26-16(11-30-17)20(2,3)4;/h5-6,9-11H,7-8H2,1-4H3;1H. The predicted octanol–water partition coefficient (Wildman–Crippen LogP) is 7.06. The van der Waals surface area contributed by atoms with E-state index in [1.165, 1.54) is 11.3 Å². The molecule has 0 unspecified atom stereocenters. The van der Waals surface area contributed by atoms with Crippen LogP contribution in [0, 0.1) is 6.92 Å². The second kappa shape index (κ2) is 8.63. The van der Waals surface area contributed by atoms with E-state index < -0.39 is 11.7 Å². The zero-order valence-electron chi connectivity index (χ0n) is 17.4. The van der Waals surface area contributed by atoms with Crippen molar-refractivity contribution < 1.29 is 13.2 Å². The Kier molecular flexibility index (Phi) is 6.65. The Morgan fingerprint density at radius 2 is 1.84 bits per heavy atom. The first-order valence-electron chi connectivity index (χ1n) is 9.48. The Hall–Kier alpha value is -1.78. The smallest absolute Gasteiger partial charge is 0.247 e. The Labute approximate surface area is 196 Å². The van der Waals surface area contributed by atoms with Crippen molar-refractivity contribution in [3.8, 4) is 10.6 Å². The van der Waals surface area contributed by atoms with E-state index in [1.807, 2.05) is 10.8 Å². The van der Waals surface area contributed by atoms with Crippen LogP contribution in [0.4, 0.5) is 13.2 Å². The summed E-state index contributed by atoms with van der Waals surface area (Å²) >= 11 is 2.93. The molecule has 0 aromatic carbocycles. The molecule has 0 aliphatic heterocycles. The van der Waals surface area contributed by atoms with Gasteiger partial charge in [0.15, 0.2) is 5.65 Å². The molecule has 4 rings (SSSR count). The van der Waals surface area contributed by atoms with E-state index >= 15 is 0 Å². The van der Waals surface area contributed by atoms with Crippen LogP contribution >= 0.6 is 39.7 Å². The third kappa shape index (κ3) is 4.85. The van der Waals surface area contributed by atoms with E-state index in [0.29, 0.717) is 29.2 Å². The maximum atomic E-state index is 13.8. The van der Waals surface area contributed by atoms with Crippen molar-refractivity contribution in [2.75, 3.05) is 0 Å². The lowest BCUT2D eigenvalue weighted by molar-refractivity contribution is -0.136. The minimum atomic E-state index is -4.48. The van der Waals surface area contributed by atoms with Gasteiger partial charge in [-0.15, -0.1) is 39.7 Å². The Balaban J connectivity index is 0.00000272. The molecule has 4 heterocycles. The van der Waals surface area contributed by atoms with Gasteiger partial charge in [-0.25, -0.2) is 14.6 Å². The first kappa shape index (κ1) is 23.9. The van der Waals surface area contributed by atoms with Gasteiger partial charge < -0.3 is 0 Å². The molecule has 0 bridgehead atoms. The first-order valence-corrected chi connectivity index (χ1v) is 11.2. The topological polar surface area (TPSA) is 43.6 Å². The second-order valence-electron chi connectivity index (χ2n) is 8.16. The van der Waals surface area contributed by atoms with Crippen molar-refractivity contribution in [3.63, 3.8) is 0 Å². The number of hydrogen-bond donors (Lipinski definition) is 0. The summed E-state index contributed by atoms with van der Waals surface area (Å²) in [5.74, 6) is 0. The molecule has 0 saturated carbocycles. The molecular formula is C21H22BrF3N4S2. The van der Waals surface area contributed by atoms with Gasteiger partial charge in [-0.3, -0.25) is 0 Å². The summed E-state index contributed by atoms with van der Waals surface area (Å²) in [7, 11) is 0. The summed E-state index contributed by atoms with van der Waals surface area (Å²) in [6.45, 7) is 8.32. The van der Waals surface area contributed by atoms with Crippen molar-refractivity contribution >= 4 is 50.7 Å². The van der Waals surface area contributed by atoms with Gasteiger partial charge in [-0.1, -0.05) is 26.8 Å². The van der Waals surface area contributed by atoms with E-state index in [1.54, 1.807) is 35.1 Å². The van der Waals surface area contributed by atoms with Crippen LogP contribution in [-0.2, 0) is 24.6 Å². The van der Waals surface area contributed by atoms with Crippen LogP contribution in [-0.4, -0.2) is 19.7 Å². The SMILES string of the molecule is Br.Cc1nn(CCc2nc(C(C)(C)C)cs2)c2nc(-c3cccs3)cc(C(F)(F)F)c12. The molecule has 0 spiro atoms. The van der Waals surface area contributed by atoms with Gasteiger partial charge in [0.1, 0.15) is 0 Å². The molecule has 31 heavy (non-hydrogen) atoms. The molecule has 0 saturated heterocycles. The number of thiophene rings is 1. The summed E-state index contributed by atoms with van der Waals surface area (Å²) in [5.41, 5.74) is 1.19. The van der Waals surface area contributed by atoms with Crippen LogP contribution in [0.5, 0.6) is 0 Å². The van der Waals surface area contributed by atoms with Gasteiger partial charge in [0.2, 0.25) is 0 Å². The lowest BCUT2D eigenvalue weighted by Gasteiger charge is -2.14. The molecule has 0 N–H and O–H groups in total. The number of hydrogen-bond acceptors (Lipinski definition) is 5. The van der Waals surface area contributed by atoms with Gasteiger partial charge in [-0.2, -0.15) is 18.3 Å². The van der Waals surface area contributed by atoms with E-state index in [2.05, 4.69) is 35.8 Å². The summed E-state index contributed by atoms with van der Waals surface area (Å²) in [6.07, 6.45) is -3.90. The maximum absolute atomic E-state index is 13.8. The fourth-order valence-corrected chi connectivity index (χ4v) is 4.96. The molecule has 0 aliphatic rings. The second-order valence-corrected chi connectivity index (χ2v) is 10.1. The summed E-state index contributed by atoms with van der Waals surface area (Å²) in [6, 6.07) is 4.71. The van der Waals surface area contributed by atoms with Gasteiger partial charge in [0.05, 0.1) is 37.9 Å². The molecule has 0 amide bonds. The van der Waals surface area contributed by atoms with Crippen LogP contribution in [0.15, 0.2) is 29.0 Å². The fourth-order valence-electron chi connectivity index (χ4n) is 3.26. The van der Waals surface area contributed by atoms with Crippen molar-refractivity contribution in [3.05, 3.63) is 50.9 Å². The number of alkyl halides is 3. The van der Waals surface area contributed by atoms with E-state index in [0.717, 1.165) is 16.8 Å². The van der Waals surface area contributed by atoms with Crippen LogP contribution < -0.4 is 0 Å². The number of aromatic nitrogens is 4. The van der Waals surface area contributed by atoms with E-state index in [9.17, 15) is 13.2 Å². The average molecular weight is 531 g/mol. The first-order chi connectivity index (χ1) is 14.0. The summed E-state index contributed by atoms with van der Waals surface area (Å²) in [5, 5.41) is 9.26. The molecule has 0 radical (unpaired) electrons. The number of aryl methyl sites for hydroxylation is 3. The zero-order chi connectivity index (χ0) is 21.7. The molecule has 166 valence electrons. The monoisotopic (exact) mass is 530 g/mol. The van der Waals surface area contributed by atoms with Gasteiger partial charge >= 0.3 is 6.18 Å². The fraction of sp³-hybridized carbons (Fsp3) is 0.381. The zero-order valence-corrected chi connectivity index (χ0v) is 20.8. The van der Waals surface area contributed by atoms with Gasteiger partial charge in [0.25, 0.3) is 0 Å². The summed E-state index contributed by atoms with van der Waals surface area (Å²) < 4.78 is 43.1. The quantitative estimate of drug-likeness (QED) is 0.283. The average Bonchev–Trinajstić information content (AvgIpc) is 3.39. The third-order valence-electron chi connectivity index (χ3n) is 4.81. The Bertz CT molecular complexity index is 1190. The Morgan fingerprint density at radius 1 is 1.10 bits per heavy atom. The highest BCUT2D eigenvalue weighted by atomic mass is 79.9. The molecule has 0 aliphatic carbocycles. The van der Waals surface area contributed by atoms with Crippen LogP contribution in [0.25, 0.3) is 21.6 Å². The minimum absolute atomic E-state index is 0. The van der Waals surface area contributed by atoms with E-state index in [-0.39, 0.29) is 33.4 Å².